The van der Waals surface area contributed by atoms with Crippen molar-refractivity contribution in [1.82, 2.24) is 4.98 Å². The van der Waals surface area contributed by atoms with E-state index in [-0.39, 0.29) is 0 Å². The van der Waals surface area contributed by atoms with E-state index >= 15 is 0 Å². The van der Waals surface area contributed by atoms with Gasteiger partial charge in [-0.2, -0.15) is 0 Å². The Morgan fingerprint density at radius 1 is 1.24 bits per heavy atom. The third-order valence-electron chi connectivity index (χ3n) is 2.48. The van der Waals surface area contributed by atoms with Crippen LogP contribution >= 0.6 is 0 Å². The molecule has 0 saturated carbocycles. The van der Waals surface area contributed by atoms with Gasteiger partial charge < -0.3 is 14.5 Å². The summed E-state index contributed by atoms with van der Waals surface area (Å²) in [6, 6.07) is 7.74. The molecule has 0 aliphatic rings. The quantitative estimate of drug-likeness (QED) is 0.861. The number of nitrogens with zero attached hydrogens (tertiary/aromatic N) is 1. The van der Waals surface area contributed by atoms with Crippen LogP contribution in [-0.2, 0) is 13.0 Å². The van der Waals surface area contributed by atoms with Gasteiger partial charge in [-0.3, -0.25) is 0 Å². The number of pyridine rings is 1. The SMILES string of the molecule is CCc1ccc(CNc2ccc(OC)nc2)o1. The zero-order chi connectivity index (χ0) is 12.1. The lowest BCUT2D eigenvalue weighted by atomic mass is 10.3. The van der Waals surface area contributed by atoms with Crippen LogP contribution in [0.3, 0.4) is 0 Å². The molecule has 4 nitrogen and oxygen atoms in total. The van der Waals surface area contributed by atoms with Gasteiger partial charge >= 0.3 is 0 Å². The lowest BCUT2D eigenvalue weighted by Gasteiger charge is -2.04. The van der Waals surface area contributed by atoms with E-state index in [1.54, 1.807) is 13.3 Å². The number of nitrogens with one attached hydrogen (secondary N) is 1. The fourth-order valence-corrected chi connectivity index (χ4v) is 1.50. The Hall–Kier alpha value is -1.97. The second-order valence-electron chi connectivity index (χ2n) is 3.66. The average molecular weight is 232 g/mol. The van der Waals surface area contributed by atoms with E-state index in [2.05, 4.69) is 17.2 Å². The highest BCUT2D eigenvalue weighted by Crippen LogP contribution is 2.14. The third-order valence-corrected chi connectivity index (χ3v) is 2.48. The fourth-order valence-electron chi connectivity index (χ4n) is 1.50. The minimum absolute atomic E-state index is 0.613. The maximum absolute atomic E-state index is 5.59. The summed E-state index contributed by atoms with van der Waals surface area (Å²) >= 11 is 0. The first-order chi connectivity index (χ1) is 8.31. The summed E-state index contributed by atoms with van der Waals surface area (Å²) in [7, 11) is 1.60. The summed E-state index contributed by atoms with van der Waals surface area (Å²) in [5.74, 6) is 2.55. The van der Waals surface area contributed by atoms with E-state index in [9.17, 15) is 0 Å². The highest BCUT2D eigenvalue weighted by molar-refractivity contribution is 5.42. The van der Waals surface area contributed by atoms with E-state index < -0.39 is 0 Å². The van der Waals surface area contributed by atoms with Crippen molar-refractivity contribution in [3.8, 4) is 5.88 Å². The number of furan rings is 1. The largest absolute Gasteiger partial charge is 0.481 e. The molecule has 2 aromatic heterocycles. The smallest absolute Gasteiger partial charge is 0.213 e. The predicted octanol–water partition coefficient (Wildman–Crippen LogP) is 2.86. The Kier molecular flexibility index (Phi) is 3.65. The van der Waals surface area contributed by atoms with Crippen LogP contribution in [0.2, 0.25) is 0 Å². The van der Waals surface area contributed by atoms with Gasteiger partial charge in [0.25, 0.3) is 0 Å². The van der Waals surface area contributed by atoms with Crippen molar-refractivity contribution in [2.24, 2.45) is 0 Å². The molecule has 2 rings (SSSR count). The number of anilines is 1. The minimum Gasteiger partial charge on any atom is -0.481 e. The molecule has 0 saturated heterocycles. The summed E-state index contributed by atoms with van der Waals surface area (Å²) in [6.07, 6.45) is 2.66. The number of hydrogen-bond acceptors (Lipinski definition) is 4. The van der Waals surface area contributed by atoms with Crippen molar-refractivity contribution in [3.63, 3.8) is 0 Å². The van der Waals surface area contributed by atoms with E-state index in [0.29, 0.717) is 12.4 Å². The summed E-state index contributed by atoms with van der Waals surface area (Å²) in [5, 5.41) is 3.24. The van der Waals surface area contributed by atoms with E-state index in [4.69, 9.17) is 9.15 Å². The highest BCUT2D eigenvalue weighted by atomic mass is 16.5. The second kappa shape index (κ2) is 5.39. The lowest BCUT2D eigenvalue weighted by Crippen LogP contribution is -1.98. The second-order valence-corrected chi connectivity index (χ2v) is 3.66. The van der Waals surface area contributed by atoms with Gasteiger partial charge in [0.15, 0.2) is 0 Å². The summed E-state index contributed by atoms with van der Waals surface area (Å²) < 4.78 is 10.6. The van der Waals surface area contributed by atoms with Crippen LogP contribution in [0.25, 0.3) is 0 Å². The maximum Gasteiger partial charge on any atom is 0.213 e. The van der Waals surface area contributed by atoms with Gasteiger partial charge in [0, 0.05) is 12.5 Å². The molecule has 90 valence electrons. The van der Waals surface area contributed by atoms with Gasteiger partial charge in [0.1, 0.15) is 11.5 Å². The van der Waals surface area contributed by atoms with Crippen molar-refractivity contribution in [2.45, 2.75) is 19.9 Å². The molecule has 4 heteroatoms. The first-order valence-corrected chi connectivity index (χ1v) is 5.63. The van der Waals surface area contributed by atoms with Crippen molar-refractivity contribution in [2.75, 3.05) is 12.4 Å². The molecule has 0 aromatic carbocycles. The van der Waals surface area contributed by atoms with Crippen LogP contribution in [0.5, 0.6) is 5.88 Å². The molecule has 0 radical (unpaired) electrons. The Bertz CT molecular complexity index is 463. The maximum atomic E-state index is 5.59. The Morgan fingerprint density at radius 3 is 2.65 bits per heavy atom. The van der Waals surface area contributed by atoms with Crippen molar-refractivity contribution < 1.29 is 9.15 Å². The first kappa shape index (κ1) is 11.5. The van der Waals surface area contributed by atoms with Gasteiger partial charge in [0.2, 0.25) is 5.88 Å². The van der Waals surface area contributed by atoms with E-state index in [0.717, 1.165) is 23.6 Å². The minimum atomic E-state index is 0.613. The Labute approximate surface area is 101 Å². The van der Waals surface area contributed by atoms with Gasteiger partial charge in [-0.15, -0.1) is 0 Å². The normalized spacial score (nSPS) is 10.2. The topological polar surface area (TPSA) is 47.3 Å². The number of hydrogen-bond donors (Lipinski definition) is 1. The molecule has 0 fully saturated rings. The number of rotatable bonds is 5. The number of aryl methyl sites for hydroxylation is 1. The van der Waals surface area contributed by atoms with Crippen molar-refractivity contribution in [3.05, 3.63) is 42.0 Å². The van der Waals surface area contributed by atoms with Crippen LogP contribution < -0.4 is 10.1 Å². The standard InChI is InChI=1S/C13H16N2O2/c1-3-11-5-6-12(17-11)9-14-10-4-7-13(16-2)15-8-10/h4-8,14H,3,9H2,1-2H3. The lowest BCUT2D eigenvalue weighted by molar-refractivity contribution is 0.398. The molecule has 1 N–H and O–H groups in total. The molecule has 0 aliphatic heterocycles. The van der Waals surface area contributed by atoms with Gasteiger partial charge in [-0.25, -0.2) is 4.98 Å². The predicted molar refractivity (Wildman–Crippen MR) is 66.2 cm³/mol. The molecule has 17 heavy (non-hydrogen) atoms. The van der Waals surface area contributed by atoms with Gasteiger partial charge in [0.05, 0.1) is 25.5 Å². The summed E-state index contributed by atoms with van der Waals surface area (Å²) in [4.78, 5) is 4.12. The molecule has 2 heterocycles. The fraction of sp³-hybridized carbons (Fsp3) is 0.308. The third kappa shape index (κ3) is 3.00. The Balaban J connectivity index is 1.92. The van der Waals surface area contributed by atoms with Gasteiger partial charge in [-0.05, 0) is 18.2 Å². The number of ether oxygens (including phenoxy) is 1. The Morgan fingerprint density at radius 2 is 2.06 bits per heavy atom. The van der Waals surface area contributed by atoms with Gasteiger partial charge in [-0.1, -0.05) is 6.92 Å². The van der Waals surface area contributed by atoms with Crippen LogP contribution in [0.1, 0.15) is 18.4 Å². The zero-order valence-electron chi connectivity index (χ0n) is 10.1. The molecule has 0 spiro atoms. The first-order valence-electron chi connectivity index (χ1n) is 5.63. The van der Waals surface area contributed by atoms with Crippen LogP contribution in [0, 0.1) is 0 Å². The molecular formula is C13H16N2O2. The van der Waals surface area contributed by atoms with Crippen LogP contribution in [-0.4, -0.2) is 12.1 Å². The zero-order valence-corrected chi connectivity index (χ0v) is 10.1. The molecule has 0 atom stereocenters. The molecule has 0 bridgehead atoms. The van der Waals surface area contributed by atoms with Crippen LogP contribution in [0.15, 0.2) is 34.9 Å². The highest BCUT2D eigenvalue weighted by Gasteiger charge is 2.00. The van der Waals surface area contributed by atoms with Crippen molar-refractivity contribution >= 4 is 5.69 Å². The number of aromatic nitrogens is 1. The molecule has 0 aliphatic carbocycles. The monoisotopic (exact) mass is 232 g/mol. The molecule has 0 amide bonds. The number of methoxy groups -OCH3 is 1. The molecular weight excluding hydrogens is 216 g/mol. The summed E-state index contributed by atoms with van der Waals surface area (Å²) in [5.41, 5.74) is 0.945. The summed E-state index contributed by atoms with van der Waals surface area (Å²) in [6.45, 7) is 2.73. The van der Waals surface area contributed by atoms with E-state index in [1.165, 1.54) is 0 Å². The molecule has 0 unspecified atom stereocenters. The van der Waals surface area contributed by atoms with Crippen LogP contribution in [0.4, 0.5) is 5.69 Å². The van der Waals surface area contributed by atoms with Crippen molar-refractivity contribution in [1.29, 1.82) is 0 Å². The average Bonchev–Trinajstić information content (AvgIpc) is 2.85. The van der Waals surface area contributed by atoms with E-state index in [1.807, 2.05) is 24.3 Å². The molecule has 2 aromatic rings.